The lowest BCUT2D eigenvalue weighted by atomic mass is 9.92. The predicted octanol–water partition coefficient (Wildman–Crippen LogP) is 2.58. The summed E-state index contributed by atoms with van der Waals surface area (Å²) in [5.41, 5.74) is -0.0166. The van der Waals surface area contributed by atoms with E-state index in [1.165, 1.54) is 0 Å². The van der Waals surface area contributed by atoms with Gasteiger partial charge in [-0.3, -0.25) is 4.79 Å². The van der Waals surface area contributed by atoms with Gasteiger partial charge in [-0.05, 0) is 31.4 Å². The maximum atomic E-state index is 11.8. The van der Waals surface area contributed by atoms with Crippen LogP contribution in [-0.4, -0.2) is 33.4 Å². The maximum Gasteiger partial charge on any atom is 0.247 e. The lowest BCUT2D eigenvalue weighted by Gasteiger charge is -2.27. The first-order chi connectivity index (χ1) is 11.4. The van der Waals surface area contributed by atoms with E-state index in [4.69, 9.17) is 4.42 Å². The molecule has 1 heterocycles. The Hall–Kier alpha value is -2.21. The van der Waals surface area contributed by atoms with Crippen molar-refractivity contribution < 1.29 is 14.3 Å². The molecule has 24 heavy (non-hydrogen) atoms. The topological polar surface area (TPSA) is 88.2 Å². The van der Waals surface area contributed by atoms with Gasteiger partial charge in [0.05, 0.1) is 5.60 Å². The summed E-state index contributed by atoms with van der Waals surface area (Å²) in [6, 6.07) is 9.57. The SMILES string of the molecule is CC(C)C(C)(O)CNC(=O)CCCc1nnc(-c2ccccc2)o1. The minimum atomic E-state index is -0.896. The van der Waals surface area contributed by atoms with E-state index >= 15 is 0 Å². The Kier molecular flexibility index (Phi) is 6.09. The summed E-state index contributed by atoms with van der Waals surface area (Å²) in [7, 11) is 0. The van der Waals surface area contributed by atoms with E-state index in [9.17, 15) is 9.90 Å². The van der Waals surface area contributed by atoms with E-state index in [0.29, 0.717) is 31.0 Å². The zero-order valence-corrected chi connectivity index (χ0v) is 14.5. The molecule has 6 heteroatoms. The fourth-order valence-electron chi connectivity index (χ4n) is 2.02. The Labute approximate surface area is 142 Å². The first-order valence-corrected chi connectivity index (χ1v) is 8.25. The average Bonchev–Trinajstić information content (AvgIpc) is 3.03. The second-order valence-electron chi connectivity index (χ2n) is 6.51. The summed E-state index contributed by atoms with van der Waals surface area (Å²) in [4.78, 5) is 11.8. The molecule has 0 saturated carbocycles. The van der Waals surface area contributed by atoms with Gasteiger partial charge < -0.3 is 14.8 Å². The summed E-state index contributed by atoms with van der Waals surface area (Å²) in [6.07, 6.45) is 1.52. The Morgan fingerprint density at radius 3 is 2.67 bits per heavy atom. The molecule has 0 fully saturated rings. The van der Waals surface area contributed by atoms with Crippen molar-refractivity contribution in [2.75, 3.05) is 6.54 Å². The molecular weight excluding hydrogens is 306 g/mol. The number of aryl methyl sites for hydroxylation is 1. The molecule has 6 nitrogen and oxygen atoms in total. The molecule has 0 aliphatic carbocycles. The van der Waals surface area contributed by atoms with Crippen LogP contribution in [0, 0.1) is 5.92 Å². The van der Waals surface area contributed by atoms with Crippen LogP contribution in [-0.2, 0) is 11.2 Å². The van der Waals surface area contributed by atoms with Gasteiger partial charge in [0.25, 0.3) is 0 Å². The smallest absolute Gasteiger partial charge is 0.247 e. The highest BCUT2D eigenvalue weighted by Crippen LogP contribution is 2.18. The van der Waals surface area contributed by atoms with Gasteiger partial charge in [-0.25, -0.2) is 0 Å². The number of hydrogen-bond donors (Lipinski definition) is 2. The number of carbonyl (C=O) groups is 1. The zero-order valence-electron chi connectivity index (χ0n) is 14.5. The minimum Gasteiger partial charge on any atom is -0.421 e. The highest BCUT2D eigenvalue weighted by Gasteiger charge is 2.25. The summed E-state index contributed by atoms with van der Waals surface area (Å²) < 4.78 is 5.60. The summed E-state index contributed by atoms with van der Waals surface area (Å²) in [6.45, 7) is 5.82. The van der Waals surface area contributed by atoms with Crippen molar-refractivity contribution in [1.29, 1.82) is 0 Å². The molecule has 1 atom stereocenters. The third kappa shape index (κ3) is 5.16. The van der Waals surface area contributed by atoms with Gasteiger partial charge >= 0.3 is 0 Å². The molecule has 1 aromatic heterocycles. The number of amides is 1. The summed E-state index contributed by atoms with van der Waals surface area (Å²) in [5, 5.41) is 20.9. The Morgan fingerprint density at radius 1 is 1.29 bits per heavy atom. The van der Waals surface area contributed by atoms with E-state index in [0.717, 1.165) is 5.56 Å². The van der Waals surface area contributed by atoms with Crippen LogP contribution in [0.5, 0.6) is 0 Å². The van der Waals surface area contributed by atoms with Gasteiger partial charge in [0.1, 0.15) is 0 Å². The molecule has 0 saturated heterocycles. The number of nitrogens with one attached hydrogen (secondary N) is 1. The Morgan fingerprint density at radius 2 is 2.00 bits per heavy atom. The molecule has 0 radical (unpaired) electrons. The molecule has 0 spiro atoms. The number of rotatable bonds is 8. The third-order valence-electron chi connectivity index (χ3n) is 4.17. The molecule has 1 aromatic carbocycles. The van der Waals surface area contributed by atoms with Gasteiger partial charge in [0, 0.05) is 24.9 Å². The van der Waals surface area contributed by atoms with E-state index in [-0.39, 0.29) is 18.4 Å². The van der Waals surface area contributed by atoms with Crippen LogP contribution < -0.4 is 5.32 Å². The predicted molar refractivity (Wildman–Crippen MR) is 91.1 cm³/mol. The van der Waals surface area contributed by atoms with Crippen molar-refractivity contribution >= 4 is 5.91 Å². The number of aromatic nitrogens is 2. The van der Waals surface area contributed by atoms with Crippen LogP contribution >= 0.6 is 0 Å². The van der Waals surface area contributed by atoms with Crippen molar-refractivity contribution in [3.63, 3.8) is 0 Å². The van der Waals surface area contributed by atoms with Crippen LogP contribution in [0.1, 0.15) is 39.5 Å². The zero-order chi connectivity index (χ0) is 17.6. The number of aliphatic hydroxyl groups is 1. The van der Waals surface area contributed by atoms with Gasteiger partial charge in [0.2, 0.25) is 17.7 Å². The lowest BCUT2D eigenvalue weighted by Crippen LogP contribution is -2.44. The fraction of sp³-hybridized carbons (Fsp3) is 0.500. The molecule has 2 aromatic rings. The highest BCUT2D eigenvalue weighted by molar-refractivity contribution is 5.75. The largest absolute Gasteiger partial charge is 0.421 e. The van der Waals surface area contributed by atoms with Crippen LogP contribution in [0.25, 0.3) is 11.5 Å². The first-order valence-electron chi connectivity index (χ1n) is 8.25. The first kappa shape index (κ1) is 18.1. The van der Waals surface area contributed by atoms with Gasteiger partial charge in [0.15, 0.2) is 0 Å². The summed E-state index contributed by atoms with van der Waals surface area (Å²) in [5.74, 6) is 1.00. The van der Waals surface area contributed by atoms with Crippen LogP contribution in [0.2, 0.25) is 0 Å². The van der Waals surface area contributed by atoms with Crippen molar-refractivity contribution in [2.24, 2.45) is 5.92 Å². The maximum absolute atomic E-state index is 11.8. The fourth-order valence-corrected chi connectivity index (χ4v) is 2.02. The quantitative estimate of drug-likeness (QED) is 0.776. The van der Waals surface area contributed by atoms with Crippen molar-refractivity contribution in [2.45, 2.75) is 45.6 Å². The molecule has 0 aliphatic heterocycles. The molecule has 1 amide bonds. The molecule has 0 aliphatic rings. The Balaban J connectivity index is 1.75. The molecule has 2 rings (SSSR count). The molecule has 2 N–H and O–H groups in total. The molecule has 130 valence electrons. The van der Waals surface area contributed by atoms with Gasteiger partial charge in [-0.15, -0.1) is 10.2 Å². The minimum absolute atomic E-state index is 0.0765. The standard InChI is InChI=1S/C18H25N3O3/c1-13(2)18(3,23)12-19-15(22)10-7-11-16-20-21-17(24-16)14-8-5-4-6-9-14/h4-6,8-9,13,23H,7,10-12H2,1-3H3,(H,19,22). The number of hydrogen-bond acceptors (Lipinski definition) is 5. The monoisotopic (exact) mass is 331 g/mol. The van der Waals surface area contributed by atoms with Crippen LogP contribution in [0.4, 0.5) is 0 Å². The summed E-state index contributed by atoms with van der Waals surface area (Å²) >= 11 is 0. The van der Waals surface area contributed by atoms with E-state index in [1.54, 1.807) is 6.92 Å². The van der Waals surface area contributed by atoms with Crippen molar-refractivity contribution in [3.05, 3.63) is 36.2 Å². The van der Waals surface area contributed by atoms with Crippen LogP contribution in [0.15, 0.2) is 34.7 Å². The number of carbonyl (C=O) groups excluding carboxylic acids is 1. The molecule has 1 unspecified atom stereocenters. The van der Waals surface area contributed by atoms with E-state index in [1.807, 2.05) is 44.2 Å². The van der Waals surface area contributed by atoms with E-state index < -0.39 is 5.60 Å². The highest BCUT2D eigenvalue weighted by atomic mass is 16.4. The average molecular weight is 331 g/mol. The Bertz CT molecular complexity index is 651. The van der Waals surface area contributed by atoms with Crippen LogP contribution in [0.3, 0.4) is 0 Å². The lowest BCUT2D eigenvalue weighted by molar-refractivity contribution is -0.122. The van der Waals surface area contributed by atoms with Gasteiger partial charge in [-0.1, -0.05) is 32.0 Å². The van der Waals surface area contributed by atoms with E-state index in [2.05, 4.69) is 15.5 Å². The van der Waals surface area contributed by atoms with Gasteiger partial charge in [-0.2, -0.15) is 0 Å². The third-order valence-corrected chi connectivity index (χ3v) is 4.17. The molecule has 0 bridgehead atoms. The second kappa shape index (κ2) is 8.06. The number of nitrogens with zero attached hydrogens (tertiary/aromatic N) is 2. The number of benzene rings is 1. The molecular formula is C18H25N3O3. The normalized spacial score (nSPS) is 13.7. The van der Waals surface area contributed by atoms with Crippen molar-refractivity contribution in [3.8, 4) is 11.5 Å². The second-order valence-corrected chi connectivity index (χ2v) is 6.51. The van der Waals surface area contributed by atoms with Crippen molar-refractivity contribution in [1.82, 2.24) is 15.5 Å².